The van der Waals surface area contributed by atoms with Gasteiger partial charge in [-0.1, -0.05) is 0 Å². The number of nitrogens with two attached hydrogens (primary N) is 1. The lowest BCUT2D eigenvalue weighted by Crippen LogP contribution is -2.08. The predicted octanol–water partition coefficient (Wildman–Crippen LogP) is 2.15. The molecule has 0 aliphatic rings. The molecular weight excluding hydrogens is 258 g/mol. The summed E-state index contributed by atoms with van der Waals surface area (Å²) in [5.41, 5.74) is 7.32. The summed E-state index contributed by atoms with van der Waals surface area (Å²) in [4.78, 5) is 0. The summed E-state index contributed by atoms with van der Waals surface area (Å²) in [5.74, 6) is 0.728. The molecule has 1 rings (SSSR count). The molecule has 1 atom stereocenters. The van der Waals surface area contributed by atoms with Crippen LogP contribution in [0.3, 0.4) is 0 Å². The van der Waals surface area contributed by atoms with Crippen LogP contribution >= 0.6 is 15.9 Å². The quantitative estimate of drug-likeness (QED) is 0.884. The standard InChI is InChI=1S/C11H16BrNO2/c1-7-5-9(12)11(15-2)6-8(7)10(14)3-4-13/h5-6,10,14H,3-4,13H2,1-2H3. The summed E-state index contributed by atoms with van der Waals surface area (Å²) in [6.45, 7) is 2.43. The second-order valence-corrected chi connectivity index (χ2v) is 4.29. The normalized spacial score (nSPS) is 12.6. The van der Waals surface area contributed by atoms with E-state index in [2.05, 4.69) is 15.9 Å². The number of benzene rings is 1. The van der Waals surface area contributed by atoms with Crippen LogP contribution in [0, 0.1) is 6.92 Å². The van der Waals surface area contributed by atoms with Gasteiger partial charge < -0.3 is 15.6 Å². The Labute approximate surface area is 98.4 Å². The Kier molecular flexibility index (Phi) is 4.57. The van der Waals surface area contributed by atoms with Gasteiger partial charge in [-0.2, -0.15) is 0 Å². The molecule has 3 nitrogen and oxygen atoms in total. The van der Waals surface area contributed by atoms with Gasteiger partial charge in [0.1, 0.15) is 5.75 Å². The number of ether oxygens (including phenoxy) is 1. The Morgan fingerprint density at radius 2 is 2.20 bits per heavy atom. The van der Waals surface area contributed by atoms with Crippen molar-refractivity contribution in [1.29, 1.82) is 0 Å². The number of halogens is 1. The third-order valence-electron chi connectivity index (χ3n) is 2.34. The first-order valence-electron chi connectivity index (χ1n) is 4.82. The van der Waals surface area contributed by atoms with Crippen molar-refractivity contribution in [1.82, 2.24) is 0 Å². The van der Waals surface area contributed by atoms with E-state index in [4.69, 9.17) is 10.5 Å². The van der Waals surface area contributed by atoms with Crippen LogP contribution in [0.25, 0.3) is 0 Å². The van der Waals surface area contributed by atoms with Gasteiger partial charge in [0, 0.05) is 0 Å². The average molecular weight is 274 g/mol. The third kappa shape index (κ3) is 2.93. The van der Waals surface area contributed by atoms with E-state index in [0.29, 0.717) is 13.0 Å². The zero-order valence-electron chi connectivity index (χ0n) is 8.96. The van der Waals surface area contributed by atoms with Gasteiger partial charge in [-0.15, -0.1) is 0 Å². The van der Waals surface area contributed by atoms with Crippen molar-refractivity contribution in [2.24, 2.45) is 5.73 Å². The van der Waals surface area contributed by atoms with Crippen LogP contribution < -0.4 is 10.5 Å². The molecule has 0 spiro atoms. The van der Waals surface area contributed by atoms with Gasteiger partial charge in [-0.3, -0.25) is 0 Å². The molecule has 84 valence electrons. The van der Waals surface area contributed by atoms with Gasteiger partial charge in [0.2, 0.25) is 0 Å². The molecule has 0 aromatic heterocycles. The fourth-order valence-corrected chi connectivity index (χ4v) is 2.12. The van der Waals surface area contributed by atoms with E-state index in [-0.39, 0.29) is 0 Å². The molecule has 0 saturated heterocycles. The highest BCUT2D eigenvalue weighted by atomic mass is 79.9. The summed E-state index contributed by atoms with van der Waals surface area (Å²) in [7, 11) is 1.61. The van der Waals surface area contributed by atoms with Crippen LogP contribution in [0.4, 0.5) is 0 Å². The topological polar surface area (TPSA) is 55.5 Å². The van der Waals surface area contributed by atoms with Gasteiger partial charge in [0.25, 0.3) is 0 Å². The Morgan fingerprint density at radius 1 is 1.53 bits per heavy atom. The van der Waals surface area contributed by atoms with E-state index < -0.39 is 6.10 Å². The predicted molar refractivity (Wildman–Crippen MR) is 64.1 cm³/mol. The first-order chi connectivity index (χ1) is 7.10. The highest BCUT2D eigenvalue weighted by molar-refractivity contribution is 9.10. The number of hydrogen-bond acceptors (Lipinski definition) is 3. The lowest BCUT2D eigenvalue weighted by molar-refractivity contribution is 0.169. The first kappa shape index (κ1) is 12.5. The monoisotopic (exact) mass is 273 g/mol. The van der Waals surface area contributed by atoms with Crippen LogP contribution in [-0.4, -0.2) is 18.8 Å². The van der Waals surface area contributed by atoms with Gasteiger partial charge in [-0.25, -0.2) is 0 Å². The summed E-state index contributed by atoms with van der Waals surface area (Å²) in [6.07, 6.45) is 0.0445. The van der Waals surface area contributed by atoms with Crippen molar-refractivity contribution in [3.8, 4) is 5.75 Å². The van der Waals surface area contributed by atoms with E-state index in [1.54, 1.807) is 7.11 Å². The molecular formula is C11H16BrNO2. The molecule has 1 unspecified atom stereocenters. The molecule has 1 aromatic carbocycles. The number of aliphatic hydroxyl groups excluding tert-OH is 1. The van der Waals surface area contributed by atoms with E-state index in [1.807, 2.05) is 19.1 Å². The number of hydrogen-bond donors (Lipinski definition) is 2. The molecule has 0 heterocycles. The summed E-state index contributed by atoms with van der Waals surface area (Å²) >= 11 is 3.40. The molecule has 0 amide bonds. The van der Waals surface area contributed by atoms with Crippen LogP contribution in [0.1, 0.15) is 23.7 Å². The summed E-state index contributed by atoms with van der Waals surface area (Å²) in [6, 6.07) is 3.79. The van der Waals surface area contributed by atoms with E-state index >= 15 is 0 Å². The van der Waals surface area contributed by atoms with Crippen LogP contribution in [0.5, 0.6) is 5.75 Å². The minimum absolute atomic E-state index is 0.471. The molecule has 0 fully saturated rings. The smallest absolute Gasteiger partial charge is 0.133 e. The maximum absolute atomic E-state index is 9.86. The molecule has 0 radical (unpaired) electrons. The lowest BCUT2D eigenvalue weighted by Gasteiger charge is -2.15. The number of aliphatic hydroxyl groups is 1. The van der Waals surface area contributed by atoms with E-state index in [0.717, 1.165) is 21.3 Å². The van der Waals surface area contributed by atoms with Gasteiger partial charge in [0.15, 0.2) is 0 Å². The van der Waals surface area contributed by atoms with Crippen LogP contribution in [0.15, 0.2) is 16.6 Å². The van der Waals surface area contributed by atoms with Crippen molar-refractivity contribution in [2.45, 2.75) is 19.4 Å². The molecule has 15 heavy (non-hydrogen) atoms. The van der Waals surface area contributed by atoms with Crippen molar-refractivity contribution >= 4 is 15.9 Å². The zero-order chi connectivity index (χ0) is 11.4. The SMILES string of the molecule is COc1cc(C(O)CCN)c(C)cc1Br. The maximum atomic E-state index is 9.86. The van der Waals surface area contributed by atoms with Crippen LogP contribution in [-0.2, 0) is 0 Å². The van der Waals surface area contributed by atoms with Gasteiger partial charge >= 0.3 is 0 Å². The lowest BCUT2D eigenvalue weighted by atomic mass is 10.0. The molecule has 4 heteroatoms. The second-order valence-electron chi connectivity index (χ2n) is 3.44. The molecule has 1 aromatic rings. The van der Waals surface area contributed by atoms with E-state index in [1.165, 1.54) is 0 Å². The fraction of sp³-hybridized carbons (Fsp3) is 0.455. The first-order valence-corrected chi connectivity index (χ1v) is 5.61. The van der Waals surface area contributed by atoms with Gasteiger partial charge in [0.05, 0.1) is 17.7 Å². The second kappa shape index (κ2) is 5.49. The Morgan fingerprint density at radius 3 is 2.73 bits per heavy atom. The Balaban J connectivity index is 3.06. The van der Waals surface area contributed by atoms with Crippen molar-refractivity contribution in [2.75, 3.05) is 13.7 Å². The highest BCUT2D eigenvalue weighted by Crippen LogP contribution is 2.31. The average Bonchev–Trinajstić information content (AvgIpc) is 2.18. The molecule has 0 aliphatic carbocycles. The Hall–Kier alpha value is -0.580. The molecule has 0 aliphatic heterocycles. The minimum Gasteiger partial charge on any atom is -0.496 e. The van der Waals surface area contributed by atoms with Crippen LogP contribution in [0.2, 0.25) is 0 Å². The summed E-state index contributed by atoms with van der Waals surface area (Å²) < 4.78 is 6.07. The number of aryl methyl sites for hydroxylation is 1. The molecule has 3 N–H and O–H groups in total. The number of methoxy groups -OCH3 is 1. The van der Waals surface area contributed by atoms with Gasteiger partial charge in [-0.05, 0) is 59.1 Å². The van der Waals surface area contributed by atoms with Crippen molar-refractivity contribution < 1.29 is 9.84 Å². The maximum Gasteiger partial charge on any atom is 0.133 e. The summed E-state index contributed by atoms with van der Waals surface area (Å²) in [5, 5.41) is 9.86. The highest BCUT2D eigenvalue weighted by Gasteiger charge is 2.12. The van der Waals surface area contributed by atoms with Crippen molar-refractivity contribution in [3.63, 3.8) is 0 Å². The Bertz CT molecular complexity index is 342. The molecule has 0 bridgehead atoms. The largest absolute Gasteiger partial charge is 0.496 e. The number of rotatable bonds is 4. The minimum atomic E-state index is -0.517. The van der Waals surface area contributed by atoms with E-state index in [9.17, 15) is 5.11 Å². The van der Waals surface area contributed by atoms with Crippen molar-refractivity contribution in [3.05, 3.63) is 27.7 Å². The molecule has 0 saturated carbocycles. The zero-order valence-corrected chi connectivity index (χ0v) is 10.5. The fourth-order valence-electron chi connectivity index (χ4n) is 1.50. The third-order valence-corrected chi connectivity index (χ3v) is 2.96.